The molecule has 112 valence electrons. The first-order valence-corrected chi connectivity index (χ1v) is 7.94. The van der Waals surface area contributed by atoms with Gasteiger partial charge in [-0.15, -0.1) is 4.31 Å². The summed E-state index contributed by atoms with van der Waals surface area (Å²) in [5, 5.41) is 0. The Kier molecular flexibility index (Phi) is 4.39. The van der Waals surface area contributed by atoms with E-state index in [1.165, 1.54) is 24.3 Å². The van der Waals surface area contributed by atoms with Crippen molar-refractivity contribution in [3.05, 3.63) is 30.3 Å². The van der Waals surface area contributed by atoms with Gasteiger partial charge >= 0.3 is 6.30 Å². The molecule has 3 nitrogen and oxygen atoms in total. The molecule has 2 rings (SSSR count). The molecule has 20 heavy (non-hydrogen) atoms. The van der Waals surface area contributed by atoms with E-state index in [-0.39, 0.29) is 22.0 Å². The predicted octanol–water partition coefficient (Wildman–Crippen LogP) is 3.53. The Morgan fingerprint density at radius 1 is 1.00 bits per heavy atom. The second kappa shape index (κ2) is 5.73. The fourth-order valence-corrected chi connectivity index (χ4v) is 4.17. The van der Waals surface area contributed by atoms with E-state index >= 15 is 0 Å². The van der Waals surface area contributed by atoms with Gasteiger partial charge in [0.1, 0.15) is 0 Å². The van der Waals surface area contributed by atoms with E-state index in [4.69, 9.17) is 0 Å². The summed E-state index contributed by atoms with van der Waals surface area (Å²) in [5.41, 5.74) is 0. The summed E-state index contributed by atoms with van der Waals surface area (Å²) in [4.78, 5) is -0.317. The number of hydrogen-bond donors (Lipinski definition) is 0. The van der Waals surface area contributed by atoms with E-state index in [0.717, 1.165) is 6.42 Å². The van der Waals surface area contributed by atoms with Crippen LogP contribution in [-0.2, 0) is 10.0 Å². The van der Waals surface area contributed by atoms with Gasteiger partial charge in [0.05, 0.1) is 4.90 Å². The number of hydrogen-bond acceptors (Lipinski definition) is 2. The van der Waals surface area contributed by atoms with Crippen LogP contribution in [0, 0.1) is 0 Å². The zero-order chi connectivity index (χ0) is 14.8. The summed E-state index contributed by atoms with van der Waals surface area (Å²) < 4.78 is 64.0. The molecule has 0 aliphatic heterocycles. The van der Waals surface area contributed by atoms with E-state index in [1.807, 2.05) is 0 Å². The number of sulfonamides is 1. The van der Waals surface area contributed by atoms with Crippen molar-refractivity contribution < 1.29 is 21.6 Å². The third kappa shape index (κ3) is 3.15. The minimum Gasteiger partial charge on any atom is -0.207 e. The van der Waals surface area contributed by atoms with Crippen molar-refractivity contribution in [2.75, 3.05) is 0 Å². The van der Waals surface area contributed by atoms with Crippen molar-refractivity contribution in [1.29, 1.82) is 0 Å². The molecule has 0 bridgehead atoms. The lowest BCUT2D eigenvalue weighted by Crippen LogP contribution is -2.49. The molecule has 0 radical (unpaired) electrons. The minimum atomic E-state index is -4.89. The van der Waals surface area contributed by atoms with Gasteiger partial charge in [0, 0.05) is 6.04 Å². The molecule has 1 aliphatic rings. The van der Waals surface area contributed by atoms with Gasteiger partial charge in [-0.05, 0) is 25.0 Å². The molecule has 0 saturated heterocycles. The SMILES string of the molecule is O=S(=O)(c1ccccc1)N(C1CCCCC1)C(F)(F)F. The van der Waals surface area contributed by atoms with E-state index in [2.05, 4.69) is 0 Å². The zero-order valence-electron chi connectivity index (χ0n) is 10.8. The number of nitrogens with zero attached hydrogens (tertiary/aromatic N) is 1. The summed E-state index contributed by atoms with van der Waals surface area (Å²) in [6.45, 7) is 0. The zero-order valence-corrected chi connectivity index (χ0v) is 11.6. The number of halogens is 3. The Morgan fingerprint density at radius 3 is 2.05 bits per heavy atom. The van der Waals surface area contributed by atoms with Crippen LogP contribution in [-0.4, -0.2) is 25.1 Å². The molecule has 1 saturated carbocycles. The van der Waals surface area contributed by atoms with Gasteiger partial charge in [0.2, 0.25) is 10.0 Å². The predicted molar refractivity (Wildman–Crippen MR) is 68.4 cm³/mol. The van der Waals surface area contributed by atoms with E-state index in [1.54, 1.807) is 6.07 Å². The van der Waals surface area contributed by atoms with Crippen molar-refractivity contribution in [2.24, 2.45) is 0 Å². The van der Waals surface area contributed by atoms with Crippen molar-refractivity contribution in [2.45, 2.75) is 49.3 Å². The highest BCUT2D eigenvalue weighted by molar-refractivity contribution is 7.89. The van der Waals surface area contributed by atoms with Crippen molar-refractivity contribution in [3.63, 3.8) is 0 Å². The van der Waals surface area contributed by atoms with Crippen LogP contribution in [0.5, 0.6) is 0 Å². The lowest BCUT2D eigenvalue weighted by Gasteiger charge is -2.34. The molecule has 0 N–H and O–H groups in total. The first kappa shape index (κ1) is 15.3. The van der Waals surface area contributed by atoms with Crippen LogP contribution >= 0.6 is 0 Å². The van der Waals surface area contributed by atoms with E-state index in [9.17, 15) is 21.6 Å². The van der Waals surface area contributed by atoms with Crippen LogP contribution in [0.15, 0.2) is 35.2 Å². The van der Waals surface area contributed by atoms with Crippen LogP contribution in [0.4, 0.5) is 13.2 Å². The maximum Gasteiger partial charge on any atom is 0.473 e. The maximum absolute atomic E-state index is 13.2. The third-order valence-corrected chi connectivity index (χ3v) is 5.35. The Balaban J connectivity index is 2.41. The Hall–Kier alpha value is -1.08. The molecule has 0 unspecified atom stereocenters. The second-order valence-electron chi connectivity index (χ2n) is 4.87. The van der Waals surface area contributed by atoms with Gasteiger partial charge in [0.25, 0.3) is 0 Å². The van der Waals surface area contributed by atoms with E-state index in [0.29, 0.717) is 12.8 Å². The number of rotatable bonds is 3. The molecule has 0 heterocycles. The van der Waals surface area contributed by atoms with Crippen LogP contribution in [0.2, 0.25) is 0 Å². The van der Waals surface area contributed by atoms with E-state index < -0.39 is 22.4 Å². The highest BCUT2D eigenvalue weighted by atomic mass is 32.2. The molecular weight excluding hydrogens is 291 g/mol. The lowest BCUT2D eigenvalue weighted by molar-refractivity contribution is -0.223. The summed E-state index contributed by atoms with van der Waals surface area (Å²) in [6.07, 6.45) is -2.27. The quantitative estimate of drug-likeness (QED) is 0.801. The molecule has 0 aromatic heterocycles. The van der Waals surface area contributed by atoms with Gasteiger partial charge in [-0.3, -0.25) is 0 Å². The molecule has 0 amide bonds. The third-order valence-electron chi connectivity index (χ3n) is 3.46. The molecule has 1 aromatic carbocycles. The Bertz CT molecular complexity index is 536. The molecule has 0 spiro atoms. The Labute approximate surface area is 116 Å². The number of alkyl halides is 3. The summed E-state index contributed by atoms with van der Waals surface area (Å²) >= 11 is 0. The molecule has 1 aliphatic carbocycles. The Morgan fingerprint density at radius 2 is 1.55 bits per heavy atom. The first-order chi connectivity index (χ1) is 9.33. The van der Waals surface area contributed by atoms with Crippen molar-refractivity contribution >= 4 is 10.0 Å². The largest absolute Gasteiger partial charge is 0.473 e. The highest BCUT2D eigenvalue weighted by Gasteiger charge is 2.50. The normalized spacial score (nSPS) is 18.4. The molecule has 1 fully saturated rings. The summed E-state index contributed by atoms with van der Waals surface area (Å²) in [5.74, 6) is 0. The fourth-order valence-electron chi connectivity index (χ4n) is 2.56. The standard InChI is InChI=1S/C13H16F3NO2S/c14-13(15,16)17(11-7-3-1-4-8-11)20(18,19)12-9-5-2-6-10-12/h2,5-6,9-11H,1,3-4,7-8H2. The maximum atomic E-state index is 13.2. The second-order valence-corrected chi connectivity index (χ2v) is 6.69. The van der Waals surface area contributed by atoms with Gasteiger partial charge < -0.3 is 0 Å². The highest BCUT2D eigenvalue weighted by Crippen LogP contribution is 2.36. The summed E-state index contributed by atoms with van der Waals surface area (Å²) in [6, 6.07) is 5.80. The average Bonchev–Trinajstić information content (AvgIpc) is 2.39. The monoisotopic (exact) mass is 307 g/mol. The van der Waals surface area contributed by atoms with Gasteiger partial charge in [-0.2, -0.15) is 13.2 Å². The van der Waals surface area contributed by atoms with Crippen LogP contribution in [0.1, 0.15) is 32.1 Å². The summed E-state index contributed by atoms with van der Waals surface area (Å²) in [7, 11) is -4.55. The molecule has 7 heteroatoms. The van der Waals surface area contributed by atoms with Gasteiger partial charge in [0.15, 0.2) is 0 Å². The molecule has 1 aromatic rings. The van der Waals surface area contributed by atoms with Crippen molar-refractivity contribution in [1.82, 2.24) is 4.31 Å². The molecule has 0 atom stereocenters. The minimum absolute atomic E-state index is 0.255. The van der Waals surface area contributed by atoms with Crippen molar-refractivity contribution in [3.8, 4) is 0 Å². The lowest BCUT2D eigenvalue weighted by atomic mass is 9.96. The fraction of sp³-hybridized carbons (Fsp3) is 0.538. The number of benzene rings is 1. The first-order valence-electron chi connectivity index (χ1n) is 6.50. The van der Waals surface area contributed by atoms with Crippen LogP contribution in [0.25, 0.3) is 0 Å². The van der Waals surface area contributed by atoms with Crippen LogP contribution in [0.3, 0.4) is 0 Å². The van der Waals surface area contributed by atoms with Gasteiger partial charge in [-0.25, -0.2) is 8.42 Å². The smallest absolute Gasteiger partial charge is 0.207 e. The van der Waals surface area contributed by atoms with Crippen LogP contribution < -0.4 is 0 Å². The van der Waals surface area contributed by atoms with Gasteiger partial charge in [-0.1, -0.05) is 37.5 Å². The topological polar surface area (TPSA) is 37.4 Å². The average molecular weight is 307 g/mol. The molecular formula is C13H16F3NO2S.